The Balaban J connectivity index is 1.55. The van der Waals surface area contributed by atoms with Crippen molar-refractivity contribution in [3.05, 3.63) is 54.6 Å². The van der Waals surface area contributed by atoms with Gasteiger partial charge in [-0.25, -0.2) is 9.80 Å². The third-order valence-corrected chi connectivity index (χ3v) is 4.09. The highest BCUT2D eigenvalue weighted by atomic mass is 16.5. The second kappa shape index (κ2) is 9.46. The lowest BCUT2D eigenvalue weighted by molar-refractivity contribution is -0.140. The molecule has 0 fully saturated rings. The molecule has 1 aliphatic heterocycles. The van der Waals surface area contributed by atoms with Gasteiger partial charge < -0.3 is 15.4 Å². The summed E-state index contributed by atoms with van der Waals surface area (Å²) in [6, 6.07) is 15.2. The molecule has 0 aliphatic carbocycles. The van der Waals surface area contributed by atoms with Crippen LogP contribution in [0.25, 0.3) is 0 Å². The first-order chi connectivity index (χ1) is 14.4. The SMILES string of the molecule is CC(=O)Nc1ccc(NC(=O)COC(=O)C2=NN(c3ccccc3)C(=O)CC2)cc1. The van der Waals surface area contributed by atoms with E-state index in [9.17, 15) is 19.2 Å². The molecule has 2 aromatic carbocycles. The fraction of sp³-hybridized carbons (Fsp3) is 0.190. The molecule has 3 rings (SSSR count). The molecular formula is C21H20N4O5. The van der Waals surface area contributed by atoms with E-state index in [4.69, 9.17) is 4.74 Å². The Labute approximate surface area is 172 Å². The Morgan fingerprint density at radius 1 is 0.967 bits per heavy atom. The molecule has 0 aromatic heterocycles. The standard InChI is InChI=1S/C21H20N4O5/c1-14(26)22-15-7-9-16(10-8-15)23-19(27)13-30-21(29)18-11-12-20(28)25(24-18)17-5-3-2-4-6-17/h2-10H,11-13H2,1H3,(H,22,26)(H,23,27). The van der Waals surface area contributed by atoms with Gasteiger partial charge in [-0.15, -0.1) is 0 Å². The molecule has 1 aliphatic rings. The second-order valence-corrected chi connectivity index (χ2v) is 6.47. The zero-order valence-corrected chi connectivity index (χ0v) is 16.3. The number of carbonyl (C=O) groups excluding carboxylic acids is 4. The molecular weight excluding hydrogens is 388 g/mol. The van der Waals surface area contributed by atoms with Crippen molar-refractivity contribution >= 4 is 46.5 Å². The lowest BCUT2D eigenvalue weighted by Gasteiger charge is -2.22. The summed E-state index contributed by atoms with van der Waals surface area (Å²) in [5.41, 5.74) is 1.71. The predicted octanol–water partition coefficient (Wildman–Crippen LogP) is 2.31. The van der Waals surface area contributed by atoms with Crippen LogP contribution < -0.4 is 15.6 Å². The maximum absolute atomic E-state index is 12.3. The van der Waals surface area contributed by atoms with Crippen LogP contribution in [-0.2, 0) is 23.9 Å². The quantitative estimate of drug-likeness (QED) is 0.712. The number of hydrogen-bond donors (Lipinski definition) is 2. The van der Waals surface area contributed by atoms with E-state index >= 15 is 0 Å². The minimum Gasteiger partial charge on any atom is -0.451 e. The van der Waals surface area contributed by atoms with Gasteiger partial charge in [-0.1, -0.05) is 18.2 Å². The van der Waals surface area contributed by atoms with Crippen LogP contribution in [0, 0.1) is 0 Å². The predicted molar refractivity (Wildman–Crippen MR) is 111 cm³/mol. The van der Waals surface area contributed by atoms with Crippen molar-refractivity contribution in [2.75, 3.05) is 22.2 Å². The monoisotopic (exact) mass is 408 g/mol. The minimum atomic E-state index is -0.750. The van der Waals surface area contributed by atoms with Crippen LogP contribution in [-0.4, -0.2) is 36.0 Å². The first kappa shape index (κ1) is 20.7. The molecule has 3 amide bonds. The van der Waals surface area contributed by atoms with E-state index in [1.165, 1.54) is 6.92 Å². The lowest BCUT2D eigenvalue weighted by Crippen LogP contribution is -2.35. The Morgan fingerprint density at radius 2 is 1.60 bits per heavy atom. The number of hydrogen-bond acceptors (Lipinski definition) is 6. The Kier molecular flexibility index (Phi) is 6.53. The van der Waals surface area contributed by atoms with Gasteiger partial charge in [-0.2, -0.15) is 5.10 Å². The summed E-state index contributed by atoms with van der Waals surface area (Å²) in [4.78, 5) is 47.4. The molecule has 9 nitrogen and oxygen atoms in total. The zero-order valence-electron chi connectivity index (χ0n) is 16.3. The maximum atomic E-state index is 12.3. The smallest absolute Gasteiger partial charge is 0.355 e. The number of amides is 3. The normalized spacial score (nSPS) is 13.3. The largest absolute Gasteiger partial charge is 0.451 e. The summed E-state index contributed by atoms with van der Waals surface area (Å²) in [5.74, 6) is -1.70. The van der Waals surface area contributed by atoms with E-state index < -0.39 is 18.5 Å². The van der Waals surface area contributed by atoms with Crippen molar-refractivity contribution in [2.24, 2.45) is 5.10 Å². The summed E-state index contributed by atoms with van der Waals surface area (Å²) < 4.78 is 5.03. The van der Waals surface area contributed by atoms with E-state index in [1.54, 1.807) is 48.5 Å². The summed E-state index contributed by atoms with van der Waals surface area (Å²) in [7, 11) is 0. The van der Waals surface area contributed by atoms with Crippen LogP contribution in [0.3, 0.4) is 0 Å². The van der Waals surface area contributed by atoms with Crippen LogP contribution in [0.5, 0.6) is 0 Å². The average Bonchev–Trinajstić information content (AvgIpc) is 2.74. The summed E-state index contributed by atoms with van der Waals surface area (Å²) in [6.45, 7) is 0.903. The van der Waals surface area contributed by atoms with Gasteiger partial charge in [0.2, 0.25) is 11.8 Å². The van der Waals surface area contributed by atoms with E-state index in [0.29, 0.717) is 17.1 Å². The number of para-hydroxylation sites is 1. The van der Waals surface area contributed by atoms with Crippen LogP contribution in [0.4, 0.5) is 17.1 Å². The molecule has 1 heterocycles. The number of nitrogens with zero attached hydrogens (tertiary/aromatic N) is 2. The van der Waals surface area contributed by atoms with E-state index in [2.05, 4.69) is 15.7 Å². The molecule has 0 atom stereocenters. The number of esters is 1. The van der Waals surface area contributed by atoms with Crippen LogP contribution in [0.2, 0.25) is 0 Å². The fourth-order valence-electron chi connectivity index (χ4n) is 2.72. The summed E-state index contributed by atoms with van der Waals surface area (Å²) in [5, 5.41) is 10.5. The Morgan fingerprint density at radius 3 is 2.23 bits per heavy atom. The van der Waals surface area contributed by atoms with Crippen LogP contribution in [0.15, 0.2) is 59.7 Å². The zero-order chi connectivity index (χ0) is 21.5. The van der Waals surface area contributed by atoms with Gasteiger partial charge in [0.25, 0.3) is 5.91 Å². The van der Waals surface area contributed by atoms with Gasteiger partial charge in [0.1, 0.15) is 5.71 Å². The molecule has 30 heavy (non-hydrogen) atoms. The van der Waals surface area contributed by atoms with Gasteiger partial charge in [-0.3, -0.25) is 14.4 Å². The average molecular weight is 408 g/mol. The third-order valence-electron chi connectivity index (χ3n) is 4.09. The number of carbonyl (C=O) groups is 4. The minimum absolute atomic E-state index is 0.0749. The highest BCUT2D eigenvalue weighted by Crippen LogP contribution is 2.20. The summed E-state index contributed by atoms with van der Waals surface area (Å²) in [6.07, 6.45) is 0.267. The van der Waals surface area contributed by atoms with Gasteiger partial charge >= 0.3 is 5.97 Å². The molecule has 0 radical (unpaired) electrons. The first-order valence-electron chi connectivity index (χ1n) is 9.22. The van der Waals surface area contributed by atoms with Crippen molar-refractivity contribution in [3.63, 3.8) is 0 Å². The number of benzene rings is 2. The molecule has 0 spiro atoms. The van der Waals surface area contributed by atoms with E-state index in [0.717, 1.165) is 5.01 Å². The highest BCUT2D eigenvalue weighted by Gasteiger charge is 2.26. The van der Waals surface area contributed by atoms with E-state index in [-0.39, 0.29) is 30.4 Å². The number of anilines is 3. The van der Waals surface area contributed by atoms with Gasteiger partial charge in [-0.05, 0) is 36.4 Å². The number of nitrogens with one attached hydrogen (secondary N) is 2. The van der Waals surface area contributed by atoms with Crippen molar-refractivity contribution in [1.29, 1.82) is 0 Å². The van der Waals surface area contributed by atoms with E-state index in [1.807, 2.05) is 6.07 Å². The summed E-state index contributed by atoms with van der Waals surface area (Å²) >= 11 is 0. The van der Waals surface area contributed by atoms with Crippen molar-refractivity contribution in [1.82, 2.24) is 0 Å². The lowest BCUT2D eigenvalue weighted by atomic mass is 10.1. The fourth-order valence-corrected chi connectivity index (χ4v) is 2.72. The molecule has 2 N–H and O–H groups in total. The molecule has 154 valence electrons. The van der Waals surface area contributed by atoms with Crippen LogP contribution in [0.1, 0.15) is 19.8 Å². The number of ether oxygens (including phenoxy) is 1. The van der Waals surface area contributed by atoms with Gasteiger partial charge in [0.15, 0.2) is 6.61 Å². The van der Waals surface area contributed by atoms with Crippen molar-refractivity contribution in [2.45, 2.75) is 19.8 Å². The van der Waals surface area contributed by atoms with Crippen molar-refractivity contribution < 1.29 is 23.9 Å². The second-order valence-electron chi connectivity index (χ2n) is 6.47. The molecule has 0 unspecified atom stereocenters. The maximum Gasteiger partial charge on any atom is 0.355 e. The Hall–Kier alpha value is -4.01. The highest BCUT2D eigenvalue weighted by molar-refractivity contribution is 6.38. The molecule has 0 saturated carbocycles. The molecule has 0 bridgehead atoms. The van der Waals surface area contributed by atoms with Gasteiger partial charge in [0.05, 0.1) is 5.69 Å². The Bertz CT molecular complexity index is 986. The molecule has 9 heteroatoms. The number of rotatable bonds is 6. The van der Waals surface area contributed by atoms with Crippen LogP contribution >= 0.6 is 0 Å². The van der Waals surface area contributed by atoms with Gasteiger partial charge in [0, 0.05) is 31.1 Å². The molecule has 2 aromatic rings. The first-order valence-corrected chi connectivity index (χ1v) is 9.22. The topological polar surface area (TPSA) is 117 Å². The molecule has 0 saturated heterocycles. The number of hydrazone groups is 1. The van der Waals surface area contributed by atoms with Crippen molar-refractivity contribution in [3.8, 4) is 0 Å². The third kappa shape index (κ3) is 5.51.